The number of carbonyl (C=O) groups is 1. The smallest absolute Gasteiger partial charge is 0.270 e. The maximum Gasteiger partial charge on any atom is 0.270 e. The second-order valence-corrected chi connectivity index (χ2v) is 7.32. The van der Waals surface area contributed by atoms with Crippen molar-refractivity contribution in [3.05, 3.63) is 65.1 Å². The van der Waals surface area contributed by atoms with Crippen LogP contribution in [0.25, 0.3) is 0 Å². The number of hydrogen-bond donors (Lipinski definition) is 2. The molecule has 1 aliphatic rings. The van der Waals surface area contributed by atoms with Crippen molar-refractivity contribution in [1.29, 1.82) is 0 Å². The van der Waals surface area contributed by atoms with Crippen LogP contribution in [0.2, 0.25) is 0 Å². The molecule has 1 amide bonds. The summed E-state index contributed by atoms with van der Waals surface area (Å²) in [5, 5.41) is 6.31. The maximum atomic E-state index is 12.4. The molecule has 0 aliphatic heterocycles. The SMILES string of the molecule is Cc1nc(NCCC2=CCCCC2)cc(C(=O)NCCCc2ccccc2)n1. The molecule has 148 valence electrons. The lowest BCUT2D eigenvalue weighted by Crippen LogP contribution is -2.26. The summed E-state index contributed by atoms with van der Waals surface area (Å²) in [5.41, 5.74) is 3.24. The van der Waals surface area contributed by atoms with Gasteiger partial charge in [0.25, 0.3) is 5.91 Å². The van der Waals surface area contributed by atoms with Crippen molar-refractivity contribution in [3.8, 4) is 0 Å². The number of anilines is 1. The van der Waals surface area contributed by atoms with Gasteiger partial charge < -0.3 is 10.6 Å². The van der Waals surface area contributed by atoms with Gasteiger partial charge in [-0.15, -0.1) is 0 Å². The molecule has 1 aromatic carbocycles. The lowest BCUT2D eigenvalue weighted by Gasteiger charge is -2.13. The van der Waals surface area contributed by atoms with E-state index in [0.29, 0.717) is 18.1 Å². The number of aromatic nitrogens is 2. The van der Waals surface area contributed by atoms with Gasteiger partial charge in [0.1, 0.15) is 17.3 Å². The van der Waals surface area contributed by atoms with Crippen molar-refractivity contribution >= 4 is 11.7 Å². The van der Waals surface area contributed by atoms with E-state index in [9.17, 15) is 4.79 Å². The molecule has 0 unspecified atom stereocenters. The van der Waals surface area contributed by atoms with Crippen LogP contribution in [0, 0.1) is 6.92 Å². The zero-order valence-corrected chi connectivity index (χ0v) is 16.7. The summed E-state index contributed by atoms with van der Waals surface area (Å²) in [6, 6.07) is 12.1. The third-order valence-electron chi connectivity index (χ3n) is 4.98. The van der Waals surface area contributed by atoms with Gasteiger partial charge in [0.05, 0.1) is 0 Å². The van der Waals surface area contributed by atoms with Crippen LogP contribution in [0.5, 0.6) is 0 Å². The Morgan fingerprint density at radius 1 is 1.07 bits per heavy atom. The van der Waals surface area contributed by atoms with Crippen molar-refractivity contribution < 1.29 is 4.79 Å². The zero-order valence-electron chi connectivity index (χ0n) is 16.7. The van der Waals surface area contributed by atoms with Gasteiger partial charge >= 0.3 is 0 Å². The van der Waals surface area contributed by atoms with E-state index in [1.165, 1.54) is 36.8 Å². The van der Waals surface area contributed by atoms with Gasteiger partial charge in [0.15, 0.2) is 0 Å². The van der Waals surface area contributed by atoms with Crippen molar-refractivity contribution in [2.24, 2.45) is 0 Å². The van der Waals surface area contributed by atoms with Crippen LogP contribution in [-0.4, -0.2) is 29.0 Å². The van der Waals surface area contributed by atoms with Crippen molar-refractivity contribution in [2.45, 2.75) is 51.9 Å². The number of carbonyl (C=O) groups excluding carboxylic acids is 1. The van der Waals surface area contributed by atoms with Crippen molar-refractivity contribution in [2.75, 3.05) is 18.4 Å². The van der Waals surface area contributed by atoms with Crippen LogP contribution in [0.4, 0.5) is 5.82 Å². The van der Waals surface area contributed by atoms with Gasteiger partial charge in [-0.3, -0.25) is 4.79 Å². The Kier molecular flexibility index (Phi) is 7.59. The minimum Gasteiger partial charge on any atom is -0.370 e. The first-order valence-corrected chi connectivity index (χ1v) is 10.3. The Morgan fingerprint density at radius 3 is 2.71 bits per heavy atom. The monoisotopic (exact) mass is 378 g/mol. The largest absolute Gasteiger partial charge is 0.370 e. The van der Waals surface area contributed by atoms with Crippen LogP contribution < -0.4 is 10.6 Å². The van der Waals surface area contributed by atoms with E-state index in [1.54, 1.807) is 6.07 Å². The number of hydrogen-bond acceptors (Lipinski definition) is 4. The molecule has 5 heteroatoms. The van der Waals surface area contributed by atoms with Crippen molar-refractivity contribution in [1.82, 2.24) is 15.3 Å². The average Bonchev–Trinajstić information content (AvgIpc) is 2.72. The standard InChI is InChI=1S/C23H30N4O/c1-18-26-21(23(28)25-15-8-13-19-9-4-2-5-10-19)17-22(27-18)24-16-14-20-11-6-3-7-12-20/h2,4-5,9-11,17H,3,6-8,12-16H2,1H3,(H,25,28)(H,24,26,27). The summed E-state index contributed by atoms with van der Waals surface area (Å²) >= 11 is 0. The third-order valence-corrected chi connectivity index (χ3v) is 4.98. The number of nitrogens with zero attached hydrogens (tertiary/aromatic N) is 2. The van der Waals surface area contributed by atoms with E-state index in [4.69, 9.17) is 0 Å². The van der Waals surface area contributed by atoms with Gasteiger partial charge in [-0.05, 0) is 57.4 Å². The molecule has 0 saturated carbocycles. The highest BCUT2D eigenvalue weighted by Crippen LogP contribution is 2.20. The first kappa shape index (κ1) is 20.1. The number of allylic oxidation sites excluding steroid dienone is 1. The summed E-state index contributed by atoms with van der Waals surface area (Å²) in [6.07, 6.45) is 10.3. The Bertz CT molecular complexity index is 802. The molecule has 0 radical (unpaired) electrons. The van der Waals surface area contributed by atoms with E-state index in [0.717, 1.165) is 31.6 Å². The molecule has 3 rings (SSSR count). The highest BCUT2D eigenvalue weighted by molar-refractivity contribution is 5.92. The number of rotatable bonds is 9. The molecule has 1 aromatic heterocycles. The summed E-state index contributed by atoms with van der Waals surface area (Å²) in [6.45, 7) is 3.29. The first-order chi connectivity index (χ1) is 13.7. The Balaban J connectivity index is 1.46. The fourth-order valence-electron chi connectivity index (χ4n) is 3.49. The quantitative estimate of drug-likeness (QED) is 0.500. The van der Waals surface area contributed by atoms with Crippen LogP contribution >= 0.6 is 0 Å². The van der Waals surface area contributed by atoms with E-state index in [2.05, 4.69) is 38.8 Å². The molecule has 28 heavy (non-hydrogen) atoms. The average molecular weight is 379 g/mol. The van der Waals surface area contributed by atoms with Gasteiger partial charge in [0, 0.05) is 19.2 Å². The molecule has 0 spiro atoms. The van der Waals surface area contributed by atoms with Gasteiger partial charge in [-0.1, -0.05) is 42.0 Å². The predicted octanol–water partition coefficient (Wildman–Crippen LogP) is 4.45. The number of benzene rings is 1. The molecule has 1 heterocycles. The summed E-state index contributed by atoms with van der Waals surface area (Å²) < 4.78 is 0. The Labute approximate surface area is 167 Å². The molecule has 2 aromatic rings. The molecule has 0 bridgehead atoms. The normalized spacial score (nSPS) is 13.7. The minimum atomic E-state index is -0.142. The first-order valence-electron chi connectivity index (χ1n) is 10.3. The molecule has 0 atom stereocenters. The third kappa shape index (κ3) is 6.48. The maximum absolute atomic E-state index is 12.4. The number of aryl methyl sites for hydroxylation is 2. The Hall–Kier alpha value is -2.69. The highest BCUT2D eigenvalue weighted by atomic mass is 16.1. The van der Waals surface area contributed by atoms with Gasteiger partial charge in [-0.25, -0.2) is 9.97 Å². The predicted molar refractivity (Wildman–Crippen MR) is 114 cm³/mol. The van der Waals surface area contributed by atoms with Crippen LogP contribution in [0.15, 0.2) is 48.0 Å². The number of nitrogens with one attached hydrogen (secondary N) is 2. The zero-order chi connectivity index (χ0) is 19.6. The fraction of sp³-hybridized carbons (Fsp3) is 0.435. The number of amides is 1. The molecule has 0 fully saturated rings. The van der Waals surface area contributed by atoms with Gasteiger partial charge in [-0.2, -0.15) is 0 Å². The lowest BCUT2D eigenvalue weighted by molar-refractivity contribution is 0.0948. The van der Waals surface area contributed by atoms with Gasteiger partial charge in [0.2, 0.25) is 0 Å². The van der Waals surface area contributed by atoms with Crippen molar-refractivity contribution in [3.63, 3.8) is 0 Å². The Morgan fingerprint density at radius 2 is 1.93 bits per heavy atom. The molecular formula is C23H30N4O. The summed E-state index contributed by atoms with van der Waals surface area (Å²) in [5.74, 6) is 1.19. The van der Waals surface area contributed by atoms with Crippen LogP contribution in [0.3, 0.4) is 0 Å². The lowest BCUT2D eigenvalue weighted by atomic mass is 9.97. The molecule has 0 saturated heterocycles. The summed E-state index contributed by atoms with van der Waals surface area (Å²) in [7, 11) is 0. The molecule has 1 aliphatic carbocycles. The second-order valence-electron chi connectivity index (χ2n) is 7.32. The summed E-state index contributed by atoms with van der Waals surface area (Å²) in [4.78, 5) is 21.2. The van der Waals surface area contributed by atoms with Crippen LogP contribution in [-0.2, 0) is 6.42 Å². The van der Waals surface area contributed by atoms with E-state index in [1.807, 2.05) is 25.1 Å². The molecule has 2 N–H and O–H groups in total. The highest BCUT2D eigenvalue weighted by Gasteiger charge is 2.10. The minimum absolute atomic E-state index is 0.142. The van der Waals surface area contributed by atoms with E-state index >= 15 is 0 Å². The topological polar surface area (TPSA) is 66.9 Å². The van der Waals surface area contributed by atoms with E-state index in [-0.39, 0.29) is 5.91 Å². The molecular weight excluding hydrogens is 348 g/mol. The fourth-order valence-corrected chi connectivity index (χ4v) is 3.49. The van der Waals surface area contributed by atoms with E-state index < -0.39 is 0 Å². The van der Waals surface area contributed by atoms with Crippen LogP contribution in [0.1, 0.15) is 60.4 Å². The second kappa shape index (κ2) is 10.6. The molecule has 5 nitrogen and oxygen atoms in total.